The van der Waals surface area contributed by atoms with Gasteiger partial charge in [-0.05, 0) is 31.3 Å². The first kappa shape index (κ1) is 19.8. The van der Waals surface area contributed by atoms with Crippen molar-refractivity contribution < 1.29 is 22.8 Å². The monoisotopic (exact) mass is 392 g/mol. The van der Waals surface area contributed by atoms with Gasteiger partial charge in [0, 0.05) is 37.9 Å². The second-order valence-electron chi connectivity index (χ2n) is 6.52. The minimum absolute atomic E-state index is 0.0597. The van der Waals surface area contributed by atoms with Crippen LogP contribution < -0.4 is 5.32 Å². The van der Waals surface area contributed by atoms with E-state index in [1.807, 2.05) is 7.05 Å². The van der Waals surface area contributed by atoms with E-state index < -0.39 is 17.6 Å². The molecule has 9 heteroatoms. The van der Waals surface area contributed by atoms with Crippen molar-refractivity contribution in [1.82, 2.24) is 14.8 Å². The quantitative estimate of drug-likeness (QED) is 0.873. The number of benzene rings is 1. The van der Waals surface area contributed by atoms with Crippen molar-refractivity contribution in [2.75, 3.05) is 38.5 Å². The number of carbonyl (C=O) groups excluding carboxylic acids is 2. The Morgan fingerprint density at radius 2 is 1.75 bits per heavy atom. The lowest BCUT2D eigenvalue weighted by Gasteiger charge is -2.32. The van der Waals surface area contributed by atoms with Crippen LogP contribution in [0.25, 0.3) is 0 Å². The zero-order valence-corrected chi connectivity index (χ0v) is 15.2. The molecule has 1 aliphatic rings. The molecule has 2 aromatic rings. The largest absolute Gasteiger partial charge is 0.418 e. The van der Waals surface area contributed by atoms with Crippen LogP contribution in [-0.4, -0.2) is 59.8 Å². The third-order valence-electron chi connectivity index (χ3n) is 4.51. The number of para-hydroxylation sites is 1. The maximum atomic E-state index is 13.1. The number of nitrogens with one attached hydrogen (secondary N) is 1. The van der Waals surface area contributed by atoms with Crippen molar-refractivity contribution in [2.45, 2.75) is 6.18 Å². The molecule has 6 nitrogen and oxygen atoms in total. The van der Waals surface area contributed by atoms with E-state index in [0.717, 1.165) is 19.2 Å². The molecule has 0 bridgehead atoms. The molecule has 0 atom stereocenters. The van der Waals surface area contributed by atoms with E-state index >= 15 is 0 Å². The number of carbonyl (C=O) groups is 2. The zero-order chi connectivity index (χ0) is 20.3. The van der Waals surface area contributed by atoms with Gasteiger partial charge in [0.05, 0.1) is 11.3 Å². The van der Waals surface area contributed by atoms with E-state index in [1.165, 1.54) is 36.5 Å². The van der Waals surface area contributed by atoms with Crippen molar-refractivity contribution in [3.8, 4) is 0 Å². The van der Waals surface area contributed by atoms with Gasteiger partial charge in [0.1, 0.15) is 5.69 Å². The number of alkyl halides is 3. The predicted molar refractivity (Wildman–Crippen MR) is 97.0 cm³/mol. The number of likely N-dealkylation sites (N-methyl/N-ethyl adjacent to an activating group) is 1. The average molecular weight is 392 g/mol. The Morgan fingerprint density at radius 1 is 1.07 bits per heavy atom. The molecular formula is C19H19F3N4O2. The molecule has 1 N–H and O–H groups in total. The minimum Gasteiger partial charge on any atom is -0.335 e. The maximum absolute atomic E-state index is 13.1. The Bertz CT molecular complexity index is 877. The lowest BCUT2D eigenvalue weighted by atomic mass is 10.1. The van der Waals surface area contributed by atoms with Gasteiger partial charge in [-0.3, -0.25) is 14.6 Å². The van der Waals surface area contributed by atoms with Gasteiger partial charge in [-0.25, -0.2) is 0 Å². The van der Waals surface area contributed by atoms with Crippen molar-refractivity contribution in [1.29, 1.82) is 0 Å². The molecule has 1 aromatic carbocycles. The van der Waals surface area contributed by atoms with E-state index in [4.69, 9.17) is 0 Å². The van der Waals surface area contributed by atoms with Gasteiger partial charge in [0.2, 0.25) is 0 Å². The number of anilines is 1. The molecule has 1 aromatic heterocycles. The fraction of sp³-hybridized carbons (Fsp3) is 0.316. The molecule has 0 saturated carbocycles. The molecule has 3 rings (SSSR count). The molecule has 1 aliphatic heterocycles. The number of hydrogen-bond donors (Lipinski definition) is 1. The summed E-state index contributed by atoms with van der Waals surface area (Å²) in [6.45, 7) is 2.57. The van der Waals surface area contributed by atoms with Gasteiger partial charge in [0.15, 0.2) is 0 Å². The van der Waals surface area contributed by atoms with Crippen LogP contribution in [0.4, 0.5) is 18.9 Å². The Hall–Kier alpha value is -2.94. The first-order valence-electron chi connectivity index (χ1n) is 8.67. The summed E-state index contributed by atoms with van der Waals surface area (Å²) in [5.74, 6) is -1.05. The molecule has 0 spiro atoms. The molecule has 0 unspecified atom stereocenters. The Labute approximate surface area is 160 Å². The van der Waals surface area contributed by atoms with Crippen molar-refractivity contribution in [3.05, 3.63) is 59.4 Å². The SMILES string of the molecule is CN1CCN(C(=O)c2cc(C(=O)Nc3ccccc3C(F)(F)F)ccn2)CC1. The van der Waals surface area contributed by atoms with Crippen LogP contribution in [0.2, 0.25) is 0 Å². The van der Waals surface area contributed by atoms with Crippen LogP contribution in [0.3, 0.4) is 0 Å². The van der Waals surface area contributed by atoms with E-state index in [-0.39, 0.29) is 22.9 Å². The average Bonchev–Trinajstić information content (AvgIpc) is 2.68. The van der Waals surface area contributed by atoms with Gasteiger partial charge in [-0.15, -0.1) is 0 Å². The first-order valence-corrected chi connectivity index (χ1v) is 8.67. The van der Waals surface area contributed by atoms with Crippen molar-refractivity contribution >= 4 is 17.5 Å². The summed E-state index contributed by atoms with van der Waals surface area (Å²) < 4.78 is 39.3. The zero-order valence-electron chi connectivity index (χ0n) is 15.2. The van der Waals surface area contributed by atoms with Crippen LogP contribution in [0, 0.1) is 0 Å². The molecule has 2 amide bonds. The molecule has 28 heavy (non-hydrogen) atoms. The fourth-order valence-electron chi connectivity index (χ4n) is 2.89. The number of rotatable bonds is 3. The molecule has 0 radical (unpaired) electrons. The molecule has 2 heterocycles. The second kappa shape index (κ2) is 7.97. The number of aromatic nitrogens is 1. The summed E-state index contributed by atoms with van der Waals surface area (Å²) in [5.41, 5.74) is -1.14. The summed E-state index contributed by atoms with van der Waals surface area (Å²) in [6, 6.07) is 7.37. The van der Waals surface area contributed by atoms with E-state index in [0.29, 0.717) is 13.1 Å². The van der Waals surface area contributed by atoms with Gasteiger partial charge >= 0.3 is 6.18 Å². The Kier molecular flexibility index (Phi) is 5.64. The van der Waals surface area contributed by atoms with E-state index in [2.05, 4.69) is 15.2 Å². The van der Waals surface area contributed by atoms with Gasteiger partial charge < -0.3 is 15.1 Å². The summed E-state index contributed by atoms with van der Waals surface area (Å²) in [7, 11) is 1.96. The highest BCUT2D eigenvalue weighted by Crippen LogP contribution is 2.34. The standard InChI is InChI=1S/C19H19F3N4O2/c1-25-8-10-26(11-9-25)18(28)16-12-13(6-7-23-16)17(27)24-15-5-3-2-4-14(15)19(20,21)22/h2-7,12H,8-11H2,1H3,(H,24,27). The third kappa shape index (κ3) is 4.48. The predicted octanol–water partition coefficient (Wildman–Crippen LogP) is 2.74. The smallest absolute Gasteiger partial charge is 0.335 e. The van der Waals surface area contributed by atoms with Crippen LogP contribution >= 0.6 is 0 Å². The fourth-order valence-corrected chi connectivity index (χ4v) is 2.89. The highest BCUT2D eigenvalue weighted by Gasteiger charge is 2.33. The van der Waals surface area contributed by atoms with Crippen LogP contribution in [-0.2, 0) is 6.18 Å². The molecular weight excluding hydrogens is 373 g/mol. The Balaban J connectivity index is 1.77. The summed E-state index contributed by atoms with van der Waals surface area (Å²) in [4.78, 5) is 32.8. The normalized spacial score (nSPS) is 15.4. The summed E-state index contributed by atoms with van der Waals surface area (Å²) >= 11 is 0. The lowest BCUT2D eigenvalue weighted by Crippen LogP contribution is -2.47. The Morgan fingerprint density at radius 3 is 2.43 bits per heavy atom. The molecule has 148 valence electrons. The number of hydrogen-bond acceptors (Lipinski definition) is 4. The number of halogens is 3. The van der Waals surface area contributed by atoms with E-state index in [9.17, 15) is 22.8 Å². The number of pyridine rings is 1. The van der Waals surface area contributed by atoms with Gasteiger partial charge in [-0.1, -0.05) is 12.1 Å². The topological polar surface area (TPSA) is 65.5 Å². The third-order valence-corrected chi connectivity index (χ3v) is 4.51. The number of amides is 2. The first-order chi connectivity index (χ1) is 13.3. The minimum atomic E-state index is -4.59. The molecule has 1 saturated heterocycles. The highest BCUT2D eigenvalue weighted by atomic mass is 19.4. The van der Waals surface area contributed by atoms with Gasteiger partial charge in [0.25, 0.3) is 11.8 Å². The maximum Gasteiger partial charge on any atom is 0.418 e. The summed E-state index contributed by atoms with van der Waals surface area (Å²) in [5, 5.41) is 2.27. The van der Waals surface area contributed by atoms with Crippen LogP contribution in [0.15, 0.2) is 42.6 Å². The number of nitrogens with zero attached hydrogens (tertiary/aromatic N) is 3. The van der Waals surface area contributed by atoms with Crippen LogP contribution in [0.1, 0.15) is 26.4 Å². The summed E-state index contributed by atoms with van der Waals surface area (Å²) in [6.07, 6.45) is -3.29. The molecule has 1 fully saturated rings. The van der Waals surface area contributed by atoms with E-state index in [1.54, 1.807) is 4.90 Å². The number of piperazine rings is 1. The molecule has 0 aliphatic carbocycles. The van der Waals surface area contributed by atoms with Gasteiger partial charge in [-0.2, -0.15) is 13.2 Å². The van der Waals surface area contributed by atoms with Crippen LogP contribution in [0.5, 0.6) is 0 Å². The highest BCUT2D eigenvalue weighted by molar-refractivity contribution is 6.06. The van der Waals surface area contributed by atoms with Crippen molar-refractivity contribution in [2.24, 2.45) is 0 Å². The van der Waals surface area contributed by atoms with Crippen molar-refractivity contribution in [3.63, 3.8) is 0 Å². The second-order valence-corrected chi connectivity index (χ2v) is 6.52. The lowest BCUT2D eigenvalue weighted by molar-refractivity contribution is -0.136.